The lowest BCUT2D eigenvalue weighted by molar-refractivity contribution is -0.141. The number of carboxylic acids is 1. The molecule has 4 heteroatoms. The van der Waals surface area contributed by atoms with Crippen LogP contribution in [0.25, 0.3) is 0 Å². The van der Waals surface area contributed by atoms with Crippen molar-refractivity contribution in [3.05, 3.63) is 18.2 Å². The van der Waals surface area contributed by atoms with Gasteiger partial charge in [-0.2, -0.15) is 0 Å². The van der Waals surface area contributed by atoms with Crippen molar-refractivity contribution in [1.82, 2.24) is 9.55 Å². The summed E-state index contributed by atoms with van der Waals surface area (Å²) in [6, 6.07) is 0.372. The molecule has 14 heavy (non-hydrogen) atoms. The highest BCUT2D eigenvalue weighted by atomic mass is 16.4. The van der Waals surface area contributed by atoms with Gasteiger partial charge in [0.1, 0.15) is 0 Å². The van der Waals surface area contributed by atoms with Gasteiger partial charge in [0.05, 0.1) is 17.9 Å². The second-order valence-corrected chi connectivity index (χ2v) is 3.85. The summed E-state index contributed by atoms with van der Waals surface area (Å²) < 4.78 is 1.98. The van der Waals surface area contributed by atoms with Crippen molar-refractivity contribution in [1.29, 1.82) is 0 Å². The van der Waals surface area contributed by atoms with E-state index in [4.69, 9.17) is 5.11 Å². The van der Waals surface area contributed by atoms with Crippen molar-refractivity contribution in [2.24, 2.45) is 5.92 Å². The van der Waals surface area contributed by atoms with E-state index < -0.39 is 5.97 Å². The molecule has 0 aliphatic carbocycles. The molecule has 0 fully saturated rings. The predicted molar refractivity (Wildman–Crippen MR) is 53.1 cm³/mol. The third-order valence-electron chi connectivity index (χ3n) is 2.19. The van der Waals surface area contributed by atoms with Crippen LogP contribution in [0.15, 0.2) is 12.5 Å². The maximum Gasteiger partial charge on any atom is 0.306 e. The first kappa shape index (κ1) is 10.8. The molecule has 0 spiro atoms. The summed E-state index contributed by atoms with van der Waals surface area (Å²) in [6.45, 7) is 5.81. The minimum absolute atomic E-state index is 0.370. The Hall–Kier alpha value is -1.32. The lowest BCUT2D eigenvalue weighted by Crippen LogP contribution is -2.12. The predicted octanol–water partition coefficient (Wildman–Crippen LogP) is 1.73. The molecule has 0 radical (unpaired) electrons. The summed E-state index contributed by atoms with van der Waals surface area (Å²) >= 11 is 0. The van der Waals surface area contributed by atoms with Gasteiger partial charge in [-0.3, -0.25) is 4.79 Å². The summed E-state index contributed by atoms with van der Waals surface area (Å²) in [5.41, 5.74) is 0.841. The molecule has 1 atom stereocenters. The van der Waals surface area contributed by atoms with Gasteiger partial charge in [-0.1, -0.05) is 6.92 Å². The second-order valence-electron chi connectivity index (χ2n) is 3.85. The van der Waals surface area contributed by atoms with E-state index in [0.29, 0.717) is 12.5 Å². The molecule has 0 aliphatic rings. The average Bonchev–Trinajstić information content (AvgIpc) is 2.52. The number of imidazole rings is 1. The van der Waals surface area contributed by atoms with Gasteiger partial charge in [0.2, 0.25) is 0 Å². The standard InChI is InChI=1S/C10H16N2O2/c1-7(2)12-5-9(11-6-12)4-8(3)10(13)14/h5-8H,4H2,1-3H3,(H,13,14). The normalized spacial score (nSPS) is 13.1. The fraction of sp³-hybridized carbons (Fsp3) is 0.600. The third-order valence-corrected chi connectivity index (χ3v) is 2.19. The number of aliphatic carboxylic acids is 1. The topological polar surface area (TPSA) is 55.1 Å². The number of carboxylic acid groups (broad SMARTS) is 1. The summed E-state index contributed by atoms with van der Waals surface area (Å²) in [6.07, 6.45) is 4.15. The zero-order valence-corrected chi connectivity index (χ0v) is 8.77. The van der Waals surface area contributed by atoms with Crippen molar-refractivity contribution in [3.8, 4) is 0 Å². The van der Waals surface area contributed by atoms with E-state index in [9.17, 15) is 4.79 Å². The van der Waals surface area contributed by atoms with Gasteiger partial charge in [-0.05, 0) is 13.8 Å². The molecule has 78 valence electrons. The van der Waals surface area contributed by atoms with Crippen LogP contribution in [-0.4, -0.2) is 20.6 Å². The molecule has 1 rings (SSSR count). The van der Waals surface area contributed by atoms with Crippen molar-refractivity contribution in [3.63, 3.8) is 0 Å². The number of carbonyl (C=O) groups is 1. The SMILES string of the molecule is CC(Cc1cn(C(C)C)cn1)C(=O)O. The highest BCUT2D eigenvalue weighted by Gasteiger charge is 2.13. The van der Waals surface area contributed by atoms with E-state index in [1.807, 2.05) is 10.8 Å². The third kappa shape index (κ3) is 2.58. The number of nitrogens with zero attached hydrogens (tertiary/aromatic N) is 2. The lowest BCUT2D eigenvalue weighted by Gasteiger charge is -2.04. The van der Waals surface area contributed by atoms with E-state index in [-0.39, 0.29) is 5.92 Å². The van der Waals surface area contributed by atoms with Crippen molar-refractivity contribution >= 4 is 5.97 Å². The van der Waals surface area contributed by atoms with Gasteiger partial charge in [0.15, 0.2) is 0 Å². The largest absolute Gasteiger partial charge is 0.481 e. The zero-order chi connectivity index (χ0) is 10.7. The van der Waals surface area contributed by atoms with Gasteiger partial charge in [-0.25, -0.2) is 4.98 Å². The zero-order valence-electron chi connectivity index (χ0n) is 8.77. The van der Waals surface area contributed by atoms with Crippen LogP contribution in [0.1, 0.15) is 32.5 Å². The monoisotopic (exact) mass is 196 g/mol. The van der Waals surface area contributed by atoms with Gasteiger partial charge < -0.3 is 9.67 Å². The van der Waals surface area contributed by atoms with E-state index in [1.165, 1.54) is 0 Å². The van der Waals surface area contributed by atoms with Crippen LogP contribution < -0.4 is 0 Å². The highest BCUT2D eigenvalue weighted by molar-refractivity contribution is 5.69. The number of aromatic nitrogens is 2. The number of hydrogen-bond donors (Lipinski definition) is 1. The van der Waals surface area contributed by atoms with E-state index in [1.54, 1.807) is 13.3 Å². The Morgan fingerprint density at radius 2 is 2.21 bits per heavy atom. The van der Waals surface area contributed by atoms with Crippen molar-refractivity contribution in [2.45, 2.75) is 33.2 Å². The molecule has 0 saturated heterocycles. The van der Waals surface area contributed by atoms with Gasteiger partial charge in [0.25, 0.3) is 0 Å². The van der Waals surface area contributed by atoms with Crippen LogP contribution in [0.3, 0.4) is 0 Å². The molecule has 0 saturated carbocycles. The van der Waals surface area contributed by atoms with Crippen LogP contribution in [0.2, 0.25) is 0 Å². The Bertz CT molecular complexity index is 318. The Balaban J connectivity index is 2.64. The Morgan fingerprint density at radius 3 is 2.64 bits per heavy atom. The minimum Gasteiger partial charge on any atom is -0.481 e. The summed E-state index contributed by atoms with van der Waals surface area (Å²) in [5, 5.41) is 8.72. The van der Waals surface area contributed by atoms with Crippen LogP contribution in [0, 0.1) is 5.92 Å². The molecule has 0 aromatic carbocycles. The first-order chi connectivity index (χ1) is 6.50. The molecule has 1 heterocycles. The van der Waals surface area contributed by atoms with E-state index in [2.05, 4.69) is 18.8 Å². The number of hydrogen-bond acceptors (Lipinski definition) is 2. The molecule has 0 bridgehead atoms. The molecule has 4 nitrogen and oxygen atoms in total. The molecule has 1 aromatic heterocycles. The van der Waals surface area contributed by atoms with Gasteiger partial charge >= 0.3 is 5.97 Å². The smallest absolute Gasteiger partial charge is 0.306 e. The first-order valence-electron chi connectivity index (χ1n) is 4.76. The highest BCUT2D eigenvalue weighted by Crippen LogP contribution is 2.09. The average molecular weight is 196 g/mol. The summed E-state index contributed by atoms with van der Waals surface area (Å²) in [7, 11) is 0. The fourth-order valence-electron chi connectivity index (χ4n) is 1.17. The Morgan fingerprint density at radius 1 is 1.57 bits per heavy atom. The quantitative estimate of drug-likeness (QED) is 0.797. The van der Waals surface area contributed by atoms with E-state index in [0.717, 1.165) is 5.69 Å². The lowest BCUT2D eigenvalue weighted by atomic mass is 10.1. The van der Waals surface area contributed by atoms with Crippen molar-refractivity contribution in [2.75, 3.05) is 0 Å². The second kappa shape index (κ2) is 4.26. The fourth-order valence-corrected chi connectivity index (χ4v) is 1.17. The van der Waals surface area contributed by atoms with Crippen molar-refractivity contribution < 1.29 is 9.90 Å². The summed E-state index contributed by atoms with van der Waals surface area (Å²) in [4.78, 5) is 14.8. The minimum atomic E-state index is -0.774. The summed E-state index contributed by atoms with van der Waals surface area (Å²) in [5.74, 6) is -1.14. The van der Waals surface area contributed by atoms with Gasteiger partial charge in [-0.15, -0.1) is 0 Å². The molecule has 1 aromatic rings. The molecular formula is C10H16N2O2. The maximum atomic E-state index is 10.6. The molecule has 1 unspecified atom stereocenters. The number of rotatable bonds is 4. The molecule has 1 N–H and O–H groups in total. The van der Waals surface area contributed by atoms with Crippen LogP contribution >= 0.6 is 0 Å². The maximum absolute atomic E-state index is 10.6. The molecule has 0 amide bonds. The van der Waals surface area contributed by atoms with Gasteiger partial charge in [0, 0.05) is 18.7 Å². The molecular weight excluding hydrogens is 180 g/mol. The van der Waals surface area contributed by atoms with Crippen LogP contribution in [-0.2, 0) is 11.2 Å². The van der Waals surface area contributed by atoms with Crippen LogP contribution in [0.5, 0.6) is 0 Å². The Labute approximate surface area is 83.6 Å². The van der Waals surface area contributed by atoms with Crippen LogP contribution in [0.4, 0.5) is 0 Å². The molecule has 0 aliphatic heterocycles. The first-order valence-corrected chi connectivity index (χ1v) is 4.76. The van der Waals surface area contributed by atoms with E-state index >= 15 is 0 Å². The Kier molecular flexibility index (Phi) is 3.28.